The van der Waals surface area contributed by atoms with Gasteiger partial charge in [-0.3, -0.25) is 0 Å². The molecule has 3 rings (SSSR count). The summed E-state index contributed by atoms with van der Waals surface area (Å²) < 4.78 is 22.2. The minimum atomic E-state index is -0.101. The second-order valence-corrected chi connectivity index (χ2v) is 7.27. The van der Waals surface area contributed by atoms with Crippen LogP contribution in [-0.4, -0.2) is 65.8 Å². The van der Waals surface area contributed by atoms with E-state index in [4.69, 9.17) is 30.8 Å². The van der Waals surface area contributed by atoms with E-state index in [9.17, 15) is 0 Å². The Morgan fingerprint density at radius 1 is 1.46 bits per heavy atom. The van der Waals surface area contributed by atoms with Gasteiger partial charge >= 0.3 is 0 Å². The van der Waals surface area contributed by atoms with Gasteiger partial charge in [-0.1, -0.05) is 11.8 Å². The number of hydrogen-bond donors (Lipinski definition) is 1. The average Bonchev–Trinajstić information content (AvgIpc) is 3.24. The summed E-state index contributed by atoms with van der Waals surface area (Å²) in [4.78, 5) is 10.9. The quantitative estimate of drug-likeness (QED) is 0.386. The zero-order chi connectivity index (χ0) is 19.8. The molecule has 0 radical (unpaired) electrons. The van der Waals surface area contributed by atoms with Crippen molar-refractivity contribution in [2.75, 3.05) is 39.7 Å². The number of methoxy groups -OCH3 is 1. The summed E-state index contributed by atoms with van der Waals surface area (Å²) in [5.41, 5.74) is 0.784. The lowest BCUT2D eigenvalue weighted by Crippen LogP contribution is -2.50. The van der Waals surface area contributed by atoms with Crippen LogP contribution in [0.15, 0.2) is 34.0 Å². The van der Waals surface area contributed by atoms with E-state index in [2.05, 4.69) is 20.2 Å². The molecule has 1 fully saturated rings. The van der Waals surface area contributed by atoms with Gasteiger partial charge < -0.3 is 28.8 Å². The van der Waals surface area contributed by atoms with Crippen LogP contribution >= 0.6 is 24.0 Å². The Balaban J connectivity index is 1.50. The third kappa shape index (κ3) is 6.06. The Morgan fingerprint density at radius 3 is 3.11 bits per heavy atom. The number of thiocarbonyl (C=S) groups is 1. The highest BCUT2D eigenvalue weighted by Crippen LogP contribution is 2.17. The molecule has 10 heteroatoms. The van der Waals surface area contributed by atoms with Crippen LogP contribution in [0.25, 0.3) is 0 Å². The number of hydrogen-bond acceptors (Lipinski definition) is 8. The van der Waals surface area contributed by atoms with Gasteiger partial charge in [0.25, 0.3) is 0 Å². The van der Waals surface area contributed by atoms with Gasteiger partial charge in [-0.05, 0) is 30.6 Å². The van der Waals surface area contributed by atoms with Crippen molar-refractivity contribution in [2.24, 2.45) is 0 Å². The van der Waals surface area contributed by atoms with E-state index in [0.29, 0.717) is 49.1 Å². The number of thioether (sulfide) groups is 1. The summed E-state index contributed by atoms with van der Waals surface area (Å²) in [6, 6.07) is 5.56. The third-order valence-corrected chi connectivity index (χ3v) is 5.00. The number of nitrogens with zero attached hydrogens (tertiary/aromatic N) is 3. The van der Waals surface area contributed by atoms with E-state index in [-0.39, 0.29) is 6.10 Å². The lowest BCUT2D eigenvalue weighted by atomic mass is 10.3. The Labute approximate surface area is 173 Å². The second-order valence-electron chi connectivity index (χ2n) is 6.11. The molecular formula is C18H24N4O4S2. The fourth-order valence-electron chi connectivity index (χ4n) is 2.71. The van der Waals surface area contributed by atoms with Crippen molar-refractivity contribution in [1.82, 2.24) is 20.2 Å². The monoisotopic (exact) mass is 424 g/mol. The van der Waals surface area contributed by atoms with E-state index >= 15 is 0 Å². The molecule has 1 N–H and O–H groups in total. The van der Waals surface area contributed by atoms with Crippen molar-refractivity contribution >= 4 is 29.1 Å². The van der Waals surface area contributed by atoms with Gasteiger partial charge in [0.1, 0.15) is 18.5 Å². The lowest BCUT2D eigenvalue weighted by molar-refractivity contribution is -0.0297. The molecule has 0 saturated carbocycles. The largest absolute Gasteiger partial charge is 0.475 e. The highest BCUT2D eigenvalue weighted by atomic mass is 32.2. The van der Waals surface area contributed by atoms with E-state index in [1.165, 1.54) is 11.8 Å². The van der Waals surface area contributed by atoms with Crippen LogP contribution in [-0.2, 0) is 22.6 Å². The van der Waals surface area contributed by atoms with Crippen LogP contribution in [0, 0.1) is 0 Å². The SMILES string of the molecule is COCc1cc(OCC2CN(C(=S)NCc3ccco3)CCO2)nc(SC)n1. The van der Waals surface area contributed by atoms with E-state index in [1.54, 1.807) is 19.4 Å². The first-order chi connectivity index (χ1) is 13.7. The molecule has 1 aliphatic rings. The first-order valence-electron chi connectivity index (χ1n) is 8.88. The molecule has 28 heavy (non-hydrogen) atoms. The minimum Gasteiger partial charge on any atom is -0.475 e. The van der Waals surface area contributed by atoms with Crippen molar-refractivity contribution in [2.45, 2.75) is 24.4 Å². The first kappa shape index (κ1) is 20.8. The number of rotatable bonds is 8. The highest BCUT2D eigenvalue weighted by molar-refractivity contribution is 7.98. The maximum absolute atomic E-state index is 5.87. The minimum absolute atomic E-state index is 0.101. The molecule has 1 aliphatic heterocycles. The van der Waals surface area contributed by atoms with Gasteiger partial charge in [0, 0.05) is 26.3 Å². The van der Waals surface area contributed by atoms with Crippen molar-refractivity contribution in [3.05, 3.63) is 35.9 Å². The summed E-state index contributed by atoms with van der Waals surface area (Å²) in [5, 5.41) is 4.55. The number of ether oxygens (including phenoxy) is 3. The lowest BCUT2D eigenvalue weighted by Gasteiger charge is -2.34. The van der Waals surface area contributed by atoms with Gasteiger partial charge in [-0.15, -0.1) is 0 Å². The van der Waals surface area contributed by atoms with Gasteiger partial charge in [0.05, 0.1) is 31.7 Å². The molecule has 0 amide bonds. The molecule has 152 valence electrons. The molecule has 0 aromatic carbocycles. The second kappa shape index (κ2) is 10.6. The Kier molecular flexibility index (Phi) is 7.90. The van der Waals surface area contributed by atoms with E-state index < -0.39 is 0 Å². The van der Waals surface area contributed by atoms with Crippen molar-refractivity contribution in [3.8, 4) is 5.88 Å². The molecule has 3 heterocycles. The third-order valence-electron chi connectivity index (χ3n) is 4.05. The smallest absolute Gasteiger partial charge is 0.217 e. The van der Waals surface area contributed by atoms with Gasteiger partial charge in [0.2, 0.25) is 5.88 Å². The molecule has 8 nitrogen and oxygen atoms in total. The predicted molar refractivity (Wildman–Crippen MR) is 109 cm³/mol. The molecule has 0 aliphatic carbocycles. The predicted octanol–water partition coefficient (Wildman–Crippen LogP) is 2.09. The summed E-state index contributed by atoms with van der Waals surface area (Å²) in [7, 11) is 1.63. The number of furan rings is 1. The fraction of sp³-hybridized carbons (Fsp3) is 0.500. The van der Waals surface area contributed by atoms with E-state index in [1.807, 2.05) is 18.4 Å². The Bertz CT molecular complexity index is 760. The molecule has 1 unspecified atom stereocenters. The highest BCUT2D eigenvalue weighted by Gasteiger charge is 2.23. The molecule has 0 bridgehead atoms. The van der Waals surface area contributed by atoms with Crippen LogP contribution in [0.2, 0.25) is 0 Å². The van der Waals surface area contributed by atoms with Crippen molar-refractivity contribution < 1.29 is 18.6 Å². The molecular weight excluding hydrogens is 400 g/mol. The topological polar surface area (TPSA) is 81.9 Å². The van der Waals surface area contributed by atoms with E-state index in [0.717, 1.165) is 18.0 Å². The summed E-state index contributed by atoms with van der Waals surface area (Å²) in [6.07, 6.45) is 3.47. The summed E-state index contributed by atoms with van der Waals surface area (Å²) in [6.45, 7) is 3.33. The van der Waals surface area contributed by atoms with Gasteiger partial charge in [-0.25, -0.2) is 4.98 Å². The van der Waals surface area contributed by atoms with Crippen LogP contribution in [0.1, 0.15) is 11.5 Å². The van der Waals surface area contributed by atoms with Crippen molar-refractivity contribution in [1.29, 1.82) is 0 Å². The molecule has 1 saturated heterocycles. The zero-order valence-corrected chi connectivity index (χ0v) is 17.6. The zero-order valence-electron chi connectivity index (χ0n) is 15.9. The molecule has 2 aromatic heterocycles. The number of morpholine rings is 1. The molecule has 1 atom stereocenters. The number of aromatic nitrogens is 2. The van der Waals surface area contributed by atoms with Gasteiger partial charge in [0.15, 0.2) is 10.3 Å². The van der Waals surface area contributed by atoms with Gasteiger partial charge in [-0.2, -0.15) is 4.98 Å². The van der Waals surface area contributed by atoms with Crippen molar-refractivity contribution in [3.63, 3.8) is 0 Å². The maximum Gasteiger partial charge on any atom is 0.217 e. The van der Waals surface area contributed by atoms with Crippen LogP contribution in [0.4, 0.5) is 0 Å². The number of nitrogens with one attached hydrogen (secondary N) is 1. The Hall–Kier alpha value is -1.88. The van der Waals surface area contributed by atoms with Crippen LogP contribution in [0.5, 0.6) is 5.88 Å². The molecule has 2 aromatic rings. The van der Waals surface area contributed by atoms with Crippen LogP contribution in [0.3, 0.4) is 0 Å². The first-order valence-corrected chi connectivity index (χ1v) is 10.5. The summed E-state index contributed by atoms with van der Waals surface area (Å²) >= 11 is 6.96. The fourth-order valence-corrected chi connectivity index (χ4v) is 3.33. The normalized spacial score (nSPS) is 16.8. The maximum atomic E-state index is 5.87. The average molecular weight is 425 g/mol. The van der Waals surface area contributed by atoms with Crippen LogP contribution < -0.4 is 10.1 Å². The standard InChI is InChI=1S/C18H24N4O4S2/c1-23-11-13-8-16(21-17(20-13)28-2)26-12-15-10-22(5-7-25-15)18(27)19-9-14-4-3-6-24-14/h3-4,6,8,15H,5,7,9-12H2,1-2H3,(H,19,27). The molecule has 0 spiro atoms. The Morgan fingerprint density at radius 2 is 2.36 bits per heavy atom. The summed E-state index contributed by atoms with van der Waals surface area (Å²) in [5.74, 6) is 1.36.